The van der Waals surface area contributed by atoms with Crippen LogP contribution in [0.3, 0.4) is 0 Å². The summed E-state index contributed by atoms with van der Waals surface area (Å²) < 4.78 is 8.89. The van der Waals surface area contributed by atoms with Crippen molar-refractivity contribution in [3.05, 3.63) is 47.9 Å². The van der Waals surface area contributed by atoms with Gasteiger partial charge in [0.1, 0.15) is 11.4 Å². The predicted molar refractivity (Wildman–Crippen MR) is 107 cm³/mol. The number of likely N-dealkylation sites (tertiary alicyclic amines) is 1. The molecule has 2 fully saturated rings. The maximum absolute atomic E-state index is 13.1. The van der Waals surface area contributed by atoms with Gasteiger partial charge in [-0.25, -0.2) is 4.68 Å². The maximum atomic E-state index is 13.1. The van der Waals surface area contributed by atoms with E-state index < -0.39 is 0 Å². The van der Waals surface area contributed by atoms with Crippen LogP contribution in [0.5, 0.6) is 5.75 Å². The maximum Gasteiger partial charge on any atom is 0.272 e. The highest BCUT2D eigenvalue weighted by Gasteiger charge is 2.32. The Kier molecular flexibility index (Phi) is 4.34. The van der Waals surface area contributed by atoms with Crippen LogP contribution in [0.25, 0.3) is 11.3 Å². The van der Waals surface area contributed by atoms with Crippen LogP contribution in [0, 0.1) is 0 Å². The van der Waals surface area contributed by atoms with E-state index in [4.69, 9.17) is 4.74 Å². The summed E-state index contributed by atoms with van der Waals surface area (Å²) in [6.45, 7) is 1.35. The molecule has 1 saturated carbocycles. The molecular formula is C21H24N6O2. The van der Waals surface area contributed by atoms with E-state index in [0.717, 1.165) is 29.1 Å². The van der Waals surface area contributed by atoms with Gasteiger partial charge in [0, 0.05) is 37.8 Å². The number of methoxy groups -OCH3 is 1. The second kappa shape index (κ2) is 7.02. The molecule has 5 rings (SSSR count). The number of amides is 1. The van der Waals surface area contributed by atoms with Gasteiger partial charge in [-0.3, -0.25) is 9.48 Å². The molecule has 8 nitrogen and oxygen atoms in total. The van der Waals surface area contributed by atoms with Crippen molar-refractivity contribution in [2.24, 2.45) is 7.05 Å². The first-order chi connectivity index (χ1) is 14.1. The SMILES string of the molecule is COc1cccc(-c2cc(C(=O)N3CCC(n4cc(C5CC5)nn4)C3)n(C)n2)c1. The van der Waals surface area contributed by atoms with Crippen LogP contribution in [0.4, 0.5) is 0 Å². The van der Waals surface area contributed by atoms with Gasteiger partial charge in [-0.15, -0.1) is 5.10 Å². The first-order valence-corrected chi connectivity index (χ1v) is 10.0. The minimum atomic E-state index is -0.000761. The van der Waals surface area contributed by atoms with Gasteiger partial charge in [0.15, 0.2) is 0 Å². The lowest BCUT2D eigenvalue weighted by Crippen LogP contribution is -2.30. The Balaban J connectivity index is 1.32. The van der Waals surface area contributed by atoms with E-state index in [1.807, 2.05) is 47.0 Å². The van der Waals surface area contributed by atoms with E-state index in [9.17, 15) is 4.79 Å². The molecular weight excluding hydrogens is 368 g/mol. The van der Waals surface area contributed by atoms with E-state index in [0.29, 0.717) is 24.7 Å². The monoisotopic (exact) mass is 392 g/mol. The number of aromatic nitrogens is 5. The third-order valence-electron chi connectivity index (χ3n) is 5.81. The van der Waals surface area contributed by atoms with Crippen molar-refractivity contribution < 1.29 is 9.53 Å². The van der Waals surface area contributed by atoms with Crippen molar-refractivity contribution in [3.8, 4) is 17.0 Å². The van der Waals surface area contributed by atoms with Crippen molar-refractivity contribution in [2.75, 3.05) is 20.2 Å². The number of ether oxygens (including phenoxy) is 1. The van der Waals surface area contributed by atoms with Gasteiger partial charge in [-0.05, 0) is 37.5 Å². The number of nitrogens with zero attached hydrogens (tertiary/aromatic N) is 6. The van der Waals surface area contributed by atoms with E-state index in [-0.39, 0.29) is 11.9 Å². The average molecular weight is 392 g/mol. The molecule has 0 radical (unpaired) electrons. The first-order valence-electron chi connectivity index (χ1n) is 10.0. The average Bonchev–Trinajstić information content (AvgIpc) is 3.14. The Hall–Kier alpha value is -3.16. The van der Waals surface area contributed by atoms with Crippen molar-refractivity contribution in [3.63, 3.8) is 0 Å². The molecule has 1 aliphatic heterocycles. The topological polar surface area (TPSA) is 78.1 Å². The molecule has 1 saturated heterocycles. The van der Waals surface area contributed by atoms with E-state index in [2.05, 4.69) is 21.6 Å². The summed E-state index contributed by atoms with van der Waals surface area (Å²) in [5, 5.41) is 13.1. The Morgan fingerprint density at radius 1 is 1.21 bits per heavy atom. The lowest BCUT2D eigenvalue weighted by atomic mass is 10.1. The smallest absolute Gasteiger partial charge is 0.272 e. The van der Waals surface area contributed by atoms with Crippen LogP contribution in [0.1, 0.15) is 47.4 Å². The van der Waals surface area contributed by atoms with Gasteiger partial charge >= 0.3 is 0 Å². The quantitative estimate of drug-likeness (QED) is 0.667. The molecule has 3 aromatic rings. The summed E-state index contributed by atoms with van der Waals surface area (Å²) >= 11 is 0. The van der Waals surface area contributed by atoms with Crippen molar-refractivity contribution in [1.82, 2.24) is 29.7 Å². The molecule has 1 aromatic carbocycles. The van der Waals surface area contributed by atoms with Gasteiger partial charge in [0.05, 0.1) is 24.5 Å². The van der Waals surface area contributed by atoms with E-state index in [1.54, 1.807) is 11.8 Å². The number of rotatable bonds is 5. The molecule has 0 bridgehead atoms. The fourth-order valence-electron chi connectivity index (χ4n) is 3.93. The highest BCUT2D eigenvalue weighted by atomic mass is 16.5. The Morgan fingerprint density at radius 3 is 2.86 bits per heavy atom. The Labute approximate surface area is 169 Å². The summed E-state index contributed by atoms with van der Waals surface area (Å²) in [7, 11) is 3.45. The molecule has 2 aromatic heterocycles. The van der Waals surface area contributed by atoms with E-state index >= 15 is 0 Å². The van der Waals surface area contributed by atoms with Crippen LogP contribution in [-0.4, -0.2) is 55.8 Å². The number of hydrogen-bond donors (Lipinski definition) is 0. The Morgan fingerprint density at radius 2 is 2.07 bits per heavy atom. The van der Waals surface area contributed by atoms with Gasteiger partial charge in [0.25, 0.3) is 5.91 Å². The lowest BCUT2D eigenvalue weighted by molar-refractivity contribution is 0.0776. The van der Waals surface area contributed by atoms with Crippen molar-refractivity contribution in [1.29, 1.82) is 0 Å². The van der Waals surface area contributed by atoms with Gasteiger partial charge in [-0.1, -0.05) is 17.3 Å². The molecule has 1 unspecified atom stereocenters. The third-order valence-corrected chi connectivity index (χ3v) is 5.81. The number of hydrogen-bond acceptors (Lipinski definition) is 5. The summed E-state index contributed by atoms with van der Waals surface area (Å²) in [4.78, 5) is 15.0. The highest BCUT2D eigenvalue weighted by molar-refractivity contribution is 5.94. The van der Waals surface area contributed by atoms with Crippen molar-refractivity contribution in [2.45, 2.75) is 31.2 Å². The van der Waals surface area contributed by atoms with E-state index in [1.165, 1.54) is 12.8 Å². The molecule has 1 amide bonds. The zero-order valence-electron chi connectivity index (χ0n) is 16.7. The predicted octanol–water partition coefficient (Wildman–Crippen LogP) is 2.65. The standard InChI is InChI=1S/C21H24N6O2/c1-25-20(11-18(23-25)15-4-3-5-17(10-15)29-2)21(28)26-9-8-16(12-26)27-13-19(22-24-27)14-6-7-14/h3-5,10-11,13-14,16H,6-9,12H2,1-2H3. The summed E-state index contributed by atoms with van der Waals surface area (Å²) in [6, 6.07) is 9.73. The minimum Gasteiger partial charge on any atom is -0.497 e. The number of benzene rings is 1. The van der Waals surface area contributed by atoms with Gasteiger partial charge in [-0.2, -0.15) is 5.10 Å². The number of carbonyl (C=O) groups excluding carboxylic acids is 1. The van der Waals surface area contributed by atoms with Crippen LogP contribution >= 0.6 is 0 Å². The molecule has 0 spiro atoms. The molecule has 1 aliphatic carbocycles. The molecule has 150 valence electrons. The third kappa shape index (κ3) is 3.39. The second-order valence-electron chi connectivity index (χ2n) is 7.86. The van der Waals surface area contributed by atoms with Gasteiger partial charge in [0.2, 0.25) is 0 Å². The summed E-state index contributed by atoms with van der Waals surface area (Å²) in [5.41, 5.74) is 3.36. The van der Waals surface area contributed by atoms with Crippen molar-refractivity contribution >= 4 is 5.91 Å². The van der Waals surface area contributed by atoms with Crippen LogP contribution in [-0.2, 0) is 7.05 Å². The normalized spacial score (nSPS) is 19.0. The minimum absolute atomic E-state index is 0.000761. The highest BCUT2D eigenvalue weighted by Crippen LogP contribution is 2.39. The van der Waals surface area contributed by atoms with Crippen LogP contribution in [0.2, 0.25) is 0 Å². The zero-order valence-corrected chi connectivity index (χ0v) is 16.7. The molecule has 2 aliphatic rings. The van der Waals surface area contributed by atoms with Gasteiger partial charge < -0.3 is 9.64 Å². The molecule has 8 heteroatoms. The fourth-order valence-corrected chi connectivity index (χ4v) is 3.93. The Bertz CT molecular complexity index is 1050. The summed E-state index contributed by atoms with van der Waals surface area (Å²) in [6.07, 6.45) is 5.37. The van der Waals surface area contributed by atoms with Crippen LogP contribution < -0.4 is 4.74 Å². The lowest BCUT2D eigenvalue weighted by Gasteiger charge is -2.16. The molecule has 29 heavy (non-hydrogen) atoms. The van der Waals surface area contributed by atoms with Crippen LogP contribution in [0.15, 0.2) is 36.5 Å². The molecule has 3 heterocycles. The first kappa shape index (κ1) is 17.9. The second-order valence-corrected chi connectivity index (χ2v) is 7.86. The fraction of sp³-hybridized carbons (Fsp3) is 0.429. The zero-order chi connectivity index (χ0) is 20.0. The molecule has 1 atom stereocenters. The molecule has 0 N–H and O–H groups in total. The number of carbonyl (C=O) groups is 1. The number of aryl methyl sites for hydroxylation is 1. The largest absolute Gasteiger partial charge is 0.497 e. The summed E-state index contributed by atoms with van der Waals surface area (Å²) in [5.74, 6) is 1.35.